The summed E-state index contributed by atoms with van der Waals surface area (Å²) in [6.07, 6.45) is 1.31. The fourth-order valence-corrected chi connectivity index (χ4v) is 3.77. The fourth-order valence-electron chi connectivity index (χ4n) is 3.77. The molecule has 0 saturated heterocycles. The molecule has 3 amide bonds. The first-order valence-corrected chi connectivity index (χ1v) is 12.4. The summed E-state index contributed by atoms with van der Waals surface area (Å²) >= 11 is 0. The highest BCUT2D eigenvalue weighted by Crippen LogP contribution is 2.16. The van der Waals surface area contributed by atoms with Crippen molar-refractivity contribution in [3.63, 3.8) is 0 Å². The lowest BCUT2D eigenvalue weighted by Crippen LogP contribution is -2.54. The number of halogens is 1. The molecule has 0 spiro atoms. The van der Waals surface area contributed by atoms with Crippen molar-refractivity contribution in [2.45, 2.75) is 65.1 Å². The standard InChI is InChI=1S/C28H36FN3O5/c1-5-23(26(34)28(36)30-17-20-14-21(29)16-22(15-20)37-4)32-27(35)24(13-18(2)3)31-25(33)12-11-19-9-7-6-8-10-19/h6-10,14-16,18,23-24H,5,11-13,17H2,1-4H3,(H,30,36)(H,31,33)(H,32,35)/t23-,24-/m0/s1. The van der Waals surface area contributed by atoms with Crippen molar-refractivity contribution in [2.24, 2.45) is 5.92 Å². The summed E-state index contributed by atoms with van der Waals surface area (Å²) in [5.74, 6) is -2.66. The van der Waals surface area contributed by atoms with Gasteiger partial charge in [-0.05, 0) is 48.4 Å². The first-order valence-electron chi connectivity index (χ1n) is 12.4. The minimum Gasteiger partial charge on any atom is -0.497 e. The lowest BCUT2D eigenvalue weighted by atomic mass is 10.0. The summed E-state index contributed by atoms with van der Waals surface area (Å²) in [4.78, 5) is 50.8. The topological polar surface area (TPSA) is 114 Å². The van der Waals surface area contributed by atoms with Gasteiger partial charge in [0.25, 0.3) is 5.91 Å². The molecule has 37 heavy (non-hydrogen) atoms. The highest BCUT2D eigenvalue weighted by atomic mass is 19.1. The number of rotatable bonds is 14. The molecule has 8 nitrogen and oxygen atoms in total. The molecule has 200 valence electrons. The summed E-state index contributed by atoms with van der Waals surface area (Å²) < 4.78 is 18.7. The van der Waals surface area contributed by atoms with Gasteiger partial charge in [0.1, 0.15) is 17.6 Å². The van der Waals surface area contributed by atoms with Crippen LogP contribution in [0.15, 0.2) is 48.5 Å². The van der Waals surface area contributed by atoms with E-state index in [1.165, 1.54) is 19.2 Å². The second-order valence-electron chi connectivity index (χ2n) is 9.25. The molecule has 0 unspecified atom stereocenters. The predicted octanol–water partition coefficient (Wildman–Crippen LogP) is 3.08. The van der Waals surface area contributed by atoms with Crippen LogP contribution in [-0.2, 0) is 32.1 Å². The monoisotopic (exact) mass is 513 g/mol. The SMILES string of the molecule is CC[C@H](NC(=O)[C@H](CC(C)C)NC(=O)CCc1ccccc1)C(=O)C(=O)NCc1cc(F)cc(OC)c1. The second kappa shape index (κ2) is 14.7. The van der Waals surface area contributed by atoms with E-state index in [1.54, 1.807) is 13.0 Å². The molecule has 9 heteroatoms. The molecule has 0 saturated carbocycles. The first-order chi connectivity index (χ1) is 17.6. The highest BCUT2D eigenvalue weighted by molar-refractivity contribution is 6.38. The van der Waals surface area contributed by atoms with Crippen LogP contribution in [0.2, 0.25) is 0 Å². The van der Waals surface area contributed by atoms with Crippen molar-refractivity contribution in [1.29, 1.82) is 0 Å². The van der Waals surface area contributed by atoms with Crippen molar-refractivity contribution in [2.75, 3.05) is 7.11 Å². The van der Waals surface area contributed by atoms with E-state index in [0.29, 0.717) is 18.4 Å². The number of ketones is 1. The number of ether oxygens (including phenoxy) is 1. The van der Waals surface area contributed by atoms with Crippen LogP contribution >= 0.6 is 0 Å². The predicted molar refractivity (Wildman–Crippen MR) is 138 cm³/mol. The van der Waals surface area contributed by atoms with Gasteiger partial charge in [-0.2, -0.15) is 0 Å². The molecule has 0 aromatic heterocycles. The number of hydrogen-bond donors (Lipinski definition) is 3. The number of nitrogens with one attached hydrogen (secondary N) is 3. The van der Waals surface area contributed by atoms with Gasteiger partial charge in [-0.25, -0.2) is 4.39 Å². The summed E-state index contributed by atoms with van der Waals surface area (Å²) in [6, 6.07) is 11.6. The Morgan fingerprint density at radius 3 is 2.27 bits per heavy atom. The van der Waals surface area contributed by atoms with Gasteiger partial charge in [0.05, 0.1) is 13.2 Å². The number of amides is 3. The van der Waals surface area contributed by atoms with Crippen LogP contribution in [0.4, 0.5) is 4.39 Å². The van der Waals surface area contributed by atoms with Crippen LogP contribution in [0, 0.1) is 11.7 Å². The Morgan fingerprint density at radius 1 is 0.946 bits per heavy atom. The fraction of sp³-hybridized carbons (Fsp3) is 0.429. The quantitative estimate of drug-likeness (QED) is 0.336. The molecule has 0 aliphatic rings. The molecule has 0 fully saturated rings. The van der Waals surface area contributed by atoms with Gasteiger partial charge in [-0.15, -0.1) is 0 Å². The number of carbonyl (C=O) groups is 4. The summed E-state index contributed by atoms with van der Waals surface area (Å²) in [6.45, 7) is 5.43. The van der Waals surface area contributed by atoms with Crippen LogP contribution in [0.25, 0.3) is 0 Å². The van der Waals surface area contributed by atoms with Crippen LogP contribution in [0.1, 0.15) is 51.2 Å². The smallest absolute Gasteiger partial charge is 0.289 e. The Balaban J connectivity index is 1.96. The molecule has 2 aromatic rings. The van der Waals surface area contributed by atoms with E-state index in [2.05, 4.69) is 16.0 Å². The maximum Gasteiger partial charge on any atom is 0.289 e. The van der Waals surface area contributed by atoms with Gasteiger partial charge in [-0.3, -0.25) is 19.2 Å². The van der Waals surface area contributed by atoms with E-state index < -0.39 is 35.5 Å². The van der Waals surface area contributed by atoms with E-state index >= 15 is 0 Å². The van der Waals surface area contributed by atoms with Crippen LogP contribution < -0.4 is 20.7 Å². The first kappa shape index (κ1) is 29.5. The van der Waals surface area contributed by atoms with Crippen molar-refractivity contribution in [3.8, 4) is 5.75 Å². The number of hydrogen-bond acceptors (Lipinski definition) is 5. The molecule has 2 atom stereocenters. The molecule has 2 rings (SSSR count). The van der Waals surface area contributed by atoms with Crippen molar-refractivity contribution in [3.05, 3.63) is 65.5 Å². The Labute approximate surface area is 217 Å². The maximum atomic E-state index is 13.7. The van der Waals surface area contributed by atoms with Gasteiger partial charge >= 0.3 is 0 Å². The Kier molecular flexibility index (Phi) is 11.7. The lowest BCUT2D eigenvalue weighted by molar-refractivity contribution is -0.140. The third-order valence-electron chi connectivity index (χ3n) is 5.73. The van der Waals surface area contributed by atoms with Gasteiger partial charge in [0.15, 0.2) is 0 Å². The van der Waals surface area contributed by atoms with Gasteiger partial charge in [0, 0.05) is 19.0 Å². The molecule has 0 aliphatic carbocycles. The molecule has 2 aromatic carbocycles. The number of Topliss-reactive ketones (excluding diaryl/α,β-unsaturated/α-hetero) is 1. The Bertz CT molecular complexity index is 1070. The second-order valence-corrected chi connectivity index (χ2v) is 9.25. The van der Waals surface area contributed by atoms with E-state index in [-0.39, 0.29) is 37.0 Å². The van der Waals surface area contributed by atoms with E-state index in [9.17, 15) is 23.6 Å². The van der Waals surface area contributed by atoms with Crippen LogP contribution in [0.5, 0.6) is 5.75 Å². The molecule has 0 heterocycles. The average Bonchev–Trinajstić information content (AvgIpc) is 2.88. The van der Waals surface area contributed by atoms with E-state index in [4.69, 9.17) is 4.74 Å². The molecule has 0 bridgehead atoms. The third kappa shape index (κ3) is 10.0. The maximum absolute atomic E-state index is 13.7. The molecular formula is C28H36FN3O5. The normalized spacial score (nSPS) is 12.4. The average molecular weight is 514 g/mol. The third-order valence-corrected chi connectivity index (χ3v) is 5.73. The van der Waals surface area contributed by atoms with E-state index in [0.717, 1.165) is 5.56 Å². The van der Waals surface area contributed by atoms with Crippen molar-refractivity contribution < 1.29 is 28.3 Å². The summed E-state index contributed by atoms with van der Waals surface area (Å²) in [5.41, 5.74) is 1.44. The van der Waals surface area contributed by atoms with Gasteiger partial charge in [0.2, 0.25) is 17.6 Å². The van der Waals surface area contributed by atoms with E-state index in [1.807, 2.05) is 44.2 Å². The minimum absolute atomic E-state index is 0.0868. The summed E-state index contributed by atoms with van der Waals surface area (Å²) in [7, 11) is 1.40. The van der Waals surface area contributed by atoms with Gasteiger partial charge in [-0.1, -0.05) is 51.1 Å². The zero-order valence-corrected chi connectivity index (χ0v) is 21.8. The Hall–Kier alpha value is -3.75. The number of methoxy groups -OCH3 is 1. The number of carbonyl (C=O) groups excluding carboxylic acids is 4. The lowest BCUT2D eigenvalue weighted by Gasteiger charge is -2.23. The molecule has 0 radical (unpaired) electrons. The minimum atomic E-state index is -1.06. The highest BCUT2D eigenvalue weighted by Gasteiger charge is 2.29. The number of benzene rings is 2. The molecule has 0 aliphatic heterocycles. The zero-order valence-electron chi connectivity index (χ0n) is 21.8. The zero-order chi connectivity index (χ0) is 27.4. The Morgan fingerprint density at radius 2 is 1.65 bits per heavy atom. The largest absolute Gasteiger partial charge is 0.497 e. The van der Waals surface area contributed by atoms with Crippen molar-refractivity contribution in [1.82, 2.24) is 16.0 Å². The molecule has 3 N–H and O–H groups in total. The van der Waals surface area contributed by atoms with Gasteiger partial charge < -0.3 is 20.7 Å². The van der Waals surface area contributed by atoms with Crippen LogP contribution in [-0.4, -0.2) is 42.7 Å². The summed E-state index contributed by atoms with van der Waals surface area (Å²) in [5, 5.41) is 7.84. The van der Waals surface area contributed by atoms with Crippen molar-refractivity contribution >= 4 is 23.5 Å². The number of aryl methyl sites for hydroxylation is 1. The van der Waals surface area contributed by atoms with Crippen LogP contribution in [0.3, 0.4) is 0 Å². The molecular weight excluding hydrogens is 477 g/mol.